The maximum absolute atomic E-state index is 8.70. The van der Waals surface area contributed by atoms with Crippen LogP contribution in [0.4, 0.5) is 0 Å². The van der Waals surface area contributed by atoms with E-state index in [1.165, 1.54) is 0 Å². The van der Waals surface area contributed by atoms with Gasteiger partial charge in [-0.1, -0.05) is 20.8 Å². The van der Waals surface area contributed by atoms with Crippen LogP contribution in [0.3, 0.4) is 0 Å². The molecule has 84 valence electrons. The first kappa shape index (κ1) is 14.6. The summed E-state index contributed by atoms with van der Waals surface area (Å²) in [5, 5.41) is 8.95. The summed E-state index contributed by atoms with van der Waals surface area (Å²) in [5.74, 6) is 0. The Morgan fingerprint density at radius 1 is 1.43 bits per heavy atom. The number of rotatable bonds is 4. The summed E-state index contributed by atoms with van der Waals surface area (Å²) in [4.78, 5) is 0. The first-order valence-electron chi connectivity index (χ1n) is 4.80. The second-order valence-electron chi connectivity index (χ2n) is 4.88. The zero-order valence-corrected chi connectivity index (χ0v) is 12.9. The van der Waals surface area contributed by atoms with Crippen molar-refractivity contribution in [3.8, 4) is 0 Å². The summed E-state index contributed by atoms with van der Waals surface area (Å²) in [5.41, 5.74) is 0. The molecule has 0 saturated carbocycles. The fraction of sp³-hybridized carbons (Fsp3) is 0.800. The van der Waals surface area contributed by atoms with E-state index in [2.05, 4.69) is 56.5 Å². The second-order valence-corrected chi connectivity index (χ2v) is 11.1. The Balaban J connectivity index is 4.20. The van der Waals surface area contributed by atoms with Gasteiger partial charge < -0.3 is 9.53 Å². The van der Waals surface area contributed by atoms with Gasteiger partial charge in [-0.05, 0) is 46.8 Å². The molecule has 0 radical (unpaired) electrons. The molecule has 0 spiro atoms. The Labute approximate surface area is 102 Å². The SMILES string of the molecule is CC(C)(C)[Si](C)(C)OC/C(I)=C/CO. The van der Waals surface area contributed by atoms with Gasteiger partial charge in [0.15, 0.2) is 8.32 Å². The van der Waals surface area contributed by atoms with Gasteiger partial charge in [-0.15, -0.1) is 0 Å². The van der Waals surface area contributed by atoms with Gasteiger partial charge in [-0.25, -0.2) is 0 Å². The molecular formula is C10H21IO2Si. The normalized spacial score (nSPS) is 14.6. The molecule has 1 N–H and O–H groups in total. The van der Waals surface area contributed by atoms with E-state index in [4.69, 9.17) is 9.53 Å². The van der Waals surface area contributed by atoms with Crippen LogP contribution in [0, 0.1) is 0 Å². The van der Waals surface area contributed by atoms with Crippen molar-refractivity contribution in [1.29, 1.82) is 0 Å². The zero-order valence-electron chi connectivity index (χ0n) is 9.72. The molecule has 0 unspecified atom stereocenters. The van der Waals surface area contributed by atoms with E-state index in [1.807, 2.05) is 0 Å². The fourth-order valence-corrected chi connectivity index (χ4v) is 2.22. The summed E-state index contributed by atoms with van der Waals surface area (Å²) in [6, 6.07) is 0. The molecule has 0 aliphatic carbocycles. The van der Waals surface area contributed by atoms with Gasteiger partial charge in [0, 0.05) is 3.58 Å². The molecule has 0 atom stereocenters. The fourth-order valence-electron chi connectivity index (χ4n) is 0.624. The van der Waals surface area contributed by atoms with Crippen LogP contribution in [0.15, 0.2) is 9.66 Å². The third-order valence-electron chi connectivity index (χ3n) is 2.69. The van der Waals surface area contributed by atoms with E-state index >= 15 is 0 Å². The molecule has 0 saturated heterocycles. The number of aliphatic hydroxyl groups is 1. The largest absolute Gasteiger partial charge is 0.412 e. The predicted octanol–water partition coefficient (Wildman–Crippen LogP) is 3.32. The summed E-state index contributed by atoms with van der Waals surface area (Å²) >= 11 is 2.21. The number of hydrogen-bond acceptors (Lipinski definition) is 2. The van der Waals surface area contributed by atoms with E-state index < -0.39 is 8.32 Å². The number of aliphatic hydroxyl groups excluding tert-OH is 1. The van der Waals surface area contributed by atoms with Crippen LogP contribution in [0.1, 0.15) is 20.8 Å². The van der Waals surface area contributed by atoms with Crippen LogP contribution >= 0.6 is 22.6 Å². The van der Waals surface area contributed by atoms with Gasteiger partial charge in [0.05, 0.1) is 13.2 Å². The average molecular weight is 328 g/mol. The minimum atomic E-state index is -1.62. The van der Waals surface area contributed by atoms with Crippen molar-refractivity contribution in [2.75, 3.05) is 13.2 Å². The van der Waals surface area contributed by atoms with Crippen LogP contribution < -0.4 is 0 Å². The standard InChI is InChI=1S/C10H21IO2Si/c1-10(2,3)14(4,5)13-8-9(11)6-7-12/h6,12H,7-8H2,1-5H3/b9-6-. The quantitative estimate of drug-likeness (QED) is 0.634. The van der Waals surface area contributed by atoms with Gasteiger partial charge in [0.1, 0.15) is 0 Å². The second kappa shape index (κ2) is 5.63. The van der Waals surface area contributed by atoms with Crippen molar-refractivity contribution < 1.29 is 9.53 Å². The van der Waals surface area contributed by atoms with Crippen molar-refractivity contribution in [2.24, 2.45) is 0 Å². The Morgan fingerprint density at radius 3 is 2.29 bits per heavy atom. The molecule has 0 heterocycles. The summed E-state index contributed by atoms with van der Waals surface area (Å²) < 4.78 is 7.04. The first-order chi connectivity index (χ1) is 6.20. The first-order valence-corrected chi connectivity index (χ1v) is 8.79. The molecule has 0 amide bonds. The third-order valence-corrected chi connectivity index (χ3v) is 7.92. The average Bonchev–Trinajstić information content (AvgIpc) is 1.99. The molecule has 0 rings (SSSR count). The molecule has 4 heteroatoms. The zero-order chi connectivity index (χ0) is 11.4. The predicted molar refractivity (Wildman–Crippen MR) is 72.3 cm³/mol. The highest BCUT2D eigenvalue weighted by atomic mass is 127. The van der Waals surface area contributed by atoms with E-state index in [0.29, 0.717) is 6.61 Å². The van der Waals surface area contributed by atoms with Gasteiger partial charge in [0.2, 0.25) is 0 Å². The van der Waals surface area contributed by atoms with Crippen molar-refractivity contribution in [2.45, 2.75) is 38.9 Å². The minimum absolute atomic E-state index is 0.0964. The molecule has 2 nitrogen and oxygen atoms in total. The topological polar surface area (TPSA) is 29.5 Å². The minimum Gasteiger partial charge on any atom is -0.412 e. The monoisotopic (exact) mass is 328 g/mol. The Kier molecular flexibility index (Phi) is 5.87. The molecule has 0 aromatic rings. The van der Waals surface area contributed by atoms with E-state index in [0.717, 1.165) is 3.58 Å². The summed E-state index contributed by atoms with van der Waals surface area (Å²) in [7, 11) is -1.62. The molecule has 0 bridgehead atoms. The van der Waals surface area contributed by atoms with Gasteiger partial charge in [-0.2, -0.15) is 0 Å². The molecule has 0 aliphatic rings. The van der Waals surface area contributed by atoms with Gasteiger partial charge >= 0.3 is 0 Å². The molecule has 0 aromatic heterocycles. The highest BCUT2D eigenvalue weighted by Gasteiger charge is 2.36. The third kappa shape index (κ3) is 4.91. The molecule has 14 heavy (non-hydrogen) atoms. The highest BCUT2D eigenvalue weighted by Crippen LogP contribution is 2.36. The smallest absolute Gasteiger partial charge is 0.192 e. The highest BCUT2D eigenvalue weighted by molar-refractivity contribution is 14.1. The van der Waals surface area contributed by atoms with Crippen LogP contribution in [0.5, 0.6) is 0 Å². The maximum atomic E-state index is 8.70. The summed E-state index contributed by atoms with van der Waals surface area (Å²) in [6.45, 7) is 11.9. The maximum Gasteiger partial charge on any atom is 0.192 e. The molecule has 0 aromatic carbocycles. The number of halogens is 1. The number of hydrogen-bond donors (Lipinski definition) is 1. The van der Waals surface area contributed by atoms with Crippen molar-refractivity contribution in [1.82, 2.24) is 0 Å². The van der Waals surface area contributed by atoms with Crippen LogP contribution in [-0.2, 0) is 4.43 Å². The van der Waals surface area contributed by atoms with Crippen LogP contribution in [0.2, 0.25) is 18.1 Å². The molecule has 0 fully saturated rings. The van der Waals surface area contributed by atoms with Gasteiger partial charge in [0.25, 0.3) is 0 Å². The van der Waals surface area contributed by atoms with Crippen LogP contribution in [-0.4, -0.2) is 26.6 Å². The van der Waals surface area contributed by atoms with Crippen molar-refractivity contribution in [3.63, 3.8) is 0 Å². The van der Waals surface area contributed by atoms with E-state index in [9.17, 15) is 0 Å². The molecule has 0 aliphatic heterocycles. The lowest BCUT2D eigenvalue weighted by Gasteiger charge is -2.36. The lowest BCUT2D eigenvalue weighted by Crippen LogP contribution is -2.41. The molecular weight excluding hydrogens is 307 g/mol. The Morgan fingerprint density at radius 2 is 1.93 bits per heavy atom. The van der Waals surface area contributed by atoms with Crippen molar-refractivity contribution >= 4 is 30.9 Å². The van der Waals surface area contributed by atoms with E-state index in [1.54, 1.807) is 6.08 Å². The Bertz CT molecular complexity index is 207. The van der Waals surface area contributed by atoms with Gasteiger partial charge in [-0.3, -0.25) is 0 Å². The van der Waals surface area contributed by atoms with Crippen molar-refractivity contribution in [3.05, 3.63) is 9.66 Å². The summed E-state index contributed by atoms with van der Waals surface area (Å²) in [6.07, 6.45) is 1.79. The van der Waals surface area contributed by atoms with Crippen LogP contribution in [0.25, 0.3) is 0 Å². The lowest BCUT2D eigenvalue weighted by atomic mass is 10.2. The lowest BCUT2D eigenvalue weighted by molar-refractivity contribution is 0.319. The van der Waals surface area contributed by atoms with E-state index in [-0.39, 0.29) is 11.6 Å². The Hall–Kier alpha value is 0.607.